The molecule has 2 fully saturated rings. The van der Waals surface area contributed by atoms with Gasteiger partial charge in [-0.05, 0) is 59.3 Å². The van der Waals surface area contributed by atoms with Crippen LogP contribution in [-0.2, 0) is 14.3 Å². The SMILES string of the molecule is CCOC(=O)CC1CCC2(CC1)CN(C(=O)OC(C)(C)C)C2. The largest absolute Gasteiger partial charge is 0.466 e. The third kappa shape index (κ3) is 4.37. The molecular weight excluding hydrogens is 282 g/mol. The van der Waals surface area contributed by atoms with Gasteiger partial charge in [0.15, 0.2) is 0 Å². The molecule has 126 valence electrons. The molecule has 1 saturated heterocycles. The molecule has 5 nitrogen and oxygen atoms in total. The average Bonchev–Trinajstić information content (AvgIpc) is 2.35. The van der Waals surface area contributed by atoms with Crippen LogP contribution >= 0.6 is 0 Å². The lowest BCUT2D eigenvalue weighted by Crippen LogP contribution is -2.60. The summed E-state index contributed by atoms with van der Waals surface area (Å²) in [7, 11) is 0. The van der Waals surface area contributed by atoms with Crippen molar-refractivity contribution in [3.05, 3.63) is 0 Å². The van der Waals surface area contributed by atoms with E-state index >= 15 is 0 Å². The summed E-state index contributed by atoms with van der Waals surface area (Å²) in [6.45, 7) is 9.57. The Morgan fingerprint density at radius 2 is 1.77 bits per heavy atom. The molecule has 1 aliphatic carbocycles. The summed E-state index contributed by atoms with van der Waals surface area (Å²) in [6.07, 6.45) is 4.64. The summed E-state index contributed by atoms with van der Waals surface area (Å²) in [5, 5.41) is 0. The number of esters is 1. The normalized spacial score (nSPS) is 21.4. The van der Waals surface area contributed by atoms with Gasteiger partial charge in [-0.2, -0.15) is 0 Å². The molecule has 0 aromatic carbocycles. The van der Waals surface area contributed by atoms with Crippen molar-refractivity contribution in [1.29, 1.82) is 0 Å². The lowest BCUT2D eigenvalue weighted by Gasteiger charge is -2.53. The first-order chi connectivity index (χ1) is 10.2. The van der Waals surface area contributed by atoms with E-state index in [1.54, 1.807) is 4.90 Å². The van der Waals surface area contributed by atoms with Crippen molar-refractivity contribution in [3.8, 4) is 0 Å². The predicted octanol–water partition coefficient (Wildman–Crippen LogP) is 3.37. The van der Waals surface area contributed by atoms with E-state index in [1.807, 2.05) is 27.7 Å². The third-order valence-electron chi connectivity index (χ3n) is 4.63. The summed E-state index contributed by atoms with van der Waals surface area (Å²) in [6, 6.07) is 0. The highest BCUT2D eigenvalue weighted by atomic mass is 16.6. The van der Waals surface area contributed by atoms with E-state index in [1.165, 1.54) is 0 Å². The molecular formula is C17H29NO4. The number of rotatable bonds is 3. The Morgan fingerprint density at radius 1 is 1.18 bits per heavy atom. The molecule has 1 heterocycles. The second-order valence-electron chi connectivity index (χ2n) is 7.79. The second-order valence-corrected chi connectivity index (χ2v) is 7.79. The van der Waals surface area contributed by atoms with Gasteiger partial charge in [0, 0.05) is 24.9 Å². The Balaban J connectivity index is 1.72. The molecule has 1 spiro atoms. The minimum atomic E-state index is -0.433. The topological polar surface area (TPSA) is 55.8 Å². The van der Waals surface area contributed by atoms with E-state index in [2.05, 4.69) is 0 Å². The summed E-state index contributed by atoms with van der Waals surface area (Å²) in [5.41, 5.74) is -0.167. The number of ether oxygens (including phenoxy) is 2. The van der Waals surface area contributed by atoms with Crippen molar-refractivity contribution in [1.82, 2.24) is 4.90 Å². The number of amides is 1. The number of likely N-dealkylation sites (tertiary alicyclic amines) is 1. The Labute approximate surface area is 133 Å². The maximum absolute atomic E-state index is 12.0. The van der Waals surface area contributed by atoms with E-state index in [0.717, 1.165) is 38.8 Å². The number of hydrogen-bond donors (Lipinski definition) is 0. The van der Waals surface area contributed by atoms with Crippen LogP contribution in [0, 0.1) is 11.3 Å². The first-order valence-corrected chi connectivity index (χ1v) is 8.36. The maximum Gasteiger partial charge on any atom is 0.410 e. The second kappa shape index (κ2) is 6.47. The van der Waals surface area contributed by atoms with Gasteiger partial charge in [-0.25, -0.2) is 4.79 Å². The summed E-state index contributed by atoms with van der Waals surface area (Å²) < 4.78 is 10.4. The van der Waals surface area contributed by atoms with Crippen LogP contribution in [0.4, 0.5) is 4.79 Å². The summed E-state index contributed by atoms with van der Waals surface area (Å²) in [5.74, 6) is 0.368. The molecule has 0 unspecified atom stereocenters. The molecule has 5 heteroatoms. The number of nitrogens with zero attached hydrogens (tertiary/aromatic N) is 1. The van der Waals surface area contributed by atoms with Gasteiger partial charge in [0.05, 0.1) is 6.61 Å². The molecule has 0 bridgehead atoms. The molecule has 1 amide bonds. The highest BCUT2D eigenvalue weighted by Crippen LogP contribution is 2.46. The number of carbonyl (C=O) groups excluding carboxylic acids is 2. The molecule has 0 aromatic rings. The number of carbonyl (C=O) groups is 2. The van der Waals surface area contributed by atoms with Crippen LogP contribution in [0.1, 0.15) is 59.8 Å². The standard InChI is InChI=1S/C17H29NO4/c1-5-21-14(19)10-13-6-8-17(9-7-13)11-18(12-17)15(20)22-16(2,3)4/h13H,5-12H2,1-4H3. The van der Waals surface area contributed by atoms with E-state index in [0.29, 0.717) is 18.9 Å². The zero-order chi connectivity index (χ0) is 16.4. The van der Waals surface area contributed by atoms with Crippen LogP contribution in [0.2, 0.25) is 0 Å². The predicted molar refractivity (Wildman–Crippen MR) is 83.4 cm³/mol. The zero-order valence-electron chi connectivity index (χ0n) is 14.3. The highest BCUT2D eigenvalue weighted by Gasteiger charge is 2.48. The zero-order valence-corrected chi connectivity index (χ0v) is 14.3. The molecule has 2 aliphatic rings. The van der Waals surface area contributed by atoms with Crippen molar-refractivity contribution < 1.29 is 19.1 Å². The fourth-order valence-electron chi connectivity index (χ4n) is 3.48. The molecule has 0 radical (unpaired) electrons. The quantitative estimate of drug-likeness (QED) is 0.750. The van der Waals surface area contributed by atoms with Gasteiger partial charge in [-0.15, -0.1) is 0 Å². The molecule has 1 saturated carbocycles. The van der Waals surface area contributed by atoms with E-state index < -0.39 is 5.60 Å². The van der Waals surface area contributed by atoms with Crippen molar-refractivity contribution in [2.75, 3.05) is 19.7 Å². The first-order valence-electron chi connectivity index (χ1n) is 8.36. The third-order valence-corrected chi connectivity index (χ3v) is 4.63. The van der Waals surface area contributed by atoms with Gasteiger partial charge in [0.25, 0.3) is 0 Å². The molecule has 2 rings (SSSR count). The van der Waals surface area contributed by atoms with Crippen LogP contribution in [0.25, 0.3) is 0 Å². The minimum Gasteiger partial charge on any atom is -0.466 e. The monoisotopic (exact) mass is 311 g/mol. The van der Waals surface area contributed by atoms with Gasteiger partial charge >= 0.3 is 12.1 Å². The van der Waals surface area contributed by atoms with Crippen LogP contribution < -0.4 is 0 Å². The first kappa shape index (κ1) is 17.1. The van der Waals surface area contributed by atoms with Crippen molar-refractivity contribution in [2.45, 2.75) is 65.4 Å². The van der Waals surface area contributed by atoms with E-state index in [4.69, 9.17) is 9.47 Å². The van der Waals surface area contributed by atoms with E-state index in [-0.39, 0.29) is 17.5 Å². The molecule has 0 aromatic heterocycles. The summed E-state index contributed by atoms with van der Waals surface area (Å²) in [4.78, 5) is 25.3. The lowest BCUT2D eigenvalue weighted by molar-refractivity contribution is -0.145. The molecule has 0 atom stereocenters. The molecule has 22 heavy (non-hydrogen) atoms. The lowest BCUT2D eigenvalue weighted by atomic mass is 9.65. The fourth-order valence-corrected chi connectivity index (χ4v) is 3.48. The van der Waals surface area contributed by atoms with Gasteiger partial charge in [-0.1, -0.05) is 0 Å². The Morgan fingerprint density at radius 3 is 2.27 bits per heavy atom. The smallest absolute Gasteiger partial charge is 0.410 e. The highest BCUT2D eigenvalue weighted by molar-refractivity contribution is 5.70. The fraction of sp³-hybridized carbons (Fsp3) is 0.882. The van der Waals surface area contributed by atoms with Crippen LogP contribution in [0.5, 0.6) is 0 Å². The maximum atomic E-state index is 12.0. The van der Waals surface area contributed by atoms with E-state index in [9.17, 15) is 9.59 Å². The van der Waals surface area contributed by atoms with Crippen molar-refractivity contribution in [2.24, 2.45) is 11.3 Å². The van der Waals surface area contributed by atoms with Gasteiger partial charge in [0.2, 0.25) is 0 Å². The molecule has 0 N–H and O–H groups in total. The van der Waals surface area contributed by atoms with Crippen LogP contribution in [-0.4, -0.2) is 42.3 Å². The van der Waals surface area contributed by atoms with Gasteiger partial charge < -0.3 is 14.4 Å². The molecule has 1 aliphatic heterocycles. The van der Waals surface area contributed by atoms with Crippen molar-refractivity contribution in [3.63, 3.8) is 0 Å². The minimum absolute atomic E-state index is 0.0764. The van der Waals surface area contributed by atoms with Gasteiger partial charge in [-0.3, -0.25) is 4.79 Å². The van der Waals surface area contributed by atoms with Crippen LogP contribution in [0.15, 0.2) is 0 Å². The van der Waals surface area contributed by atoms with Crippen LogP contribution in [0.3, 0.4) is 0 Å². The summed E-state index contributed by atoms with van der Waals surface area (Å²) >= 11 is 0. The Bertz CT molecular complexity index is 411. The van der Waals surface area contributed by atoms with Crippen molar-refractivity contribution >= 4 is 12.1 Å². The number of hydrogen-bond acceptors (Lipinski definition) is 4. The van der Waals surface area contributed by atoms with Gasteiger partial charge in [0.1, 0.15) is 5.60 Å². The average molecular weight is 311 g/mol. The Hall–Kier alpha value is -1.26. The Kier molecular flexibility index (Phi) is 5.03.